The van der Waals surface area contributed by atoms with Crippen LogP contribution in [-0.4, -0.2) is 55.5 Å². The van der Waals surface area contributed by atoms with E-state index in [1.807, 2.05) is 6.92 Å². The second kappa shape index (κ2) is 6.55. The molecule has 1 spiro atoms. The van der Waals surface area contributed by atoms with Gasteiger partial charge >= 0.3 is 5.87 Å². The number of nitrogens with zero attached hydrogens (tertiary/aromatic N) is 2. The van der Waals surface area contributed by atoms with Crippen molar-refractivity contribution in [3.05, 3.63) is 5.70 Å². The Morgan fingerprint density at radius 3 is 2.60 bits per heavy atom. The van der Waals surface area contributed by atoms with Gasteiger partial charge in [0.15, 0.2) is 5.70 Å². The SMILES string of the molecule is CCC=[N+]=C=C(N)C(C(C)F)N1CCC2(CC1)COC2. The zero-order valence-electron chi connectivity index (χ0n) is 12.4. The first-order valence-electron chi connectivity index (χ1n) is 7.44. The maximum atomic E-state index is 13.9. The zero-order chi connectivity index (χ0) is 14.6. The first-order valence-corrected chi connectivity index (χ1v) is 7.44. The first-order chi connectivity index (χ1) is 9.58. The van der Waals surface area contributed by atoms with Crippen molar-refractivity contribution in [2.45, 2.75) is 45.3 Å². The van der Waals surface area contributed by atoms with Crippen molar-refractivity contribution >= 4 is 12.1 Å². The van der Waals surface area contributed by atoms with Crippen molar-refractivity contribution in [3.63, 3.8) is 0 Å². The van der Waals surface area contributed by atoms with E-state index in [0.717, 1.165) is 45.6 Å². The highest BCUT2D eigenvalue weighted by molar-refractivity contribution is 5.65. The van der Waals surface area contributed by atoms with Gasteiger partial charge in [0.2, 0.25) is 0 Å². The van der Waals surface area contributed by atoms with Crippen molar-refractivity contribution in [3.8, 4) is 0 Å². The number of hydrogen-bond donors (Lipinski definition) is 1. The normalized spacial score (nSPS) is 24.1. The van der Waals surface area contributed by atoms with E-state index < -0.39 is 12.2 Å². The molecule has 0 radical (unpaired) electrons. The van der Waals surface area contributed by atoms with Crippen molar-refractivity contribution in [1.82, 2.24) is 9.57 Å². The predicted molar refractivity (Wildman–Crippen MR) is 79.6 cm³/mol. The summed E-state index contributed by atoms with van der Waals surface area (Å²) in [4.78, 5) is 2.12. The lowest BCUT2D eigenvalue weighted by atomic mass is 9.76. The van der Waals surface area contributed by atoms with E-state index in [4.69, 9.17) is 10.5 Å². The topological polar surface area (TPSA) is 52.6 Å². The highest BCUT2D eigenvalue weighted by Gasteiger charge is 2.43. The van der Waals surface area contributed by atoms with Crippen LogP contribution in [0.2, 0.25) is 0 Å². The zero-order valence-corrected chi connectivity index (χ0v) is 12.4. The third kappa shape index (κ3) is 3.31. The van der Waals surface area contributed by atoms with E-state index in [1.165, 1.54) is 0 Å². The van der Waals surface area contributed by atoms with Gasteiger partial charge in [0.05, 0.1) is 19.3 Å². The molecule has 2 saturated heterocycles. The molecule has 20 heavy (non-hydrogen) atoms. The molecule has 2 atom stereocenters. The number of halogens is 1. The Morgan fingerprint density at radius 1 is 1.50 bits per heavy atom. The predicted octanol–water partition coefficient (Wildman–Crippen LogP) is 0.886. The van der Waals surface area contributed by atoms with Gasteiger partial charge in [0, 0.05) is 11.8 Å². The van der Waals surface area contributed by atoms with Gasteiger partial charge in [0.1, 0.15) is 6.17 Å². The van der Waals surface area contributed by atoms with Crippen LogP contribution >= 0.6 is 0 Å². The fraction of sp³-hybridized carbons (Fsp3) is 0.800. The number of alkyl halides is 1. The highest BCUT2D eigenvalue weighted by Crippen LogP contribution is 2.39. The van der Waals surface area contributed by atoms with Crippen LogP contribution in [0.5, 0.6) is 0 Å². The van der Waals surface area contributed by atoms with Gasteiger partial charge in [-0.2, -0.15) is 0 Å². The first kappa shape index (κ1) is 15.3. The Bertz CT molecular complexity index is 422. The molecule has 2 aliphatic heterocycles. The fourth-order valence-electron chi connectivity index (χ4n) is 2.97. The molecular weight excluding hydrogens is 257 g/mol. The van der Waals surface area contributed by atoms with Crippen LogP contribution in [0.15, 0.2) is 5.70 Å². The molecule has 0 aromatic carbocycles. The molecule has 5 heteroatoms. The minimum absolute atomic E-state index is 0.350. The Morgan fingerprint density at radius 2 is 2.15 bits per heavy atom. The molecule has 0 bridgehead atoms. The van der Waals surface area contributed by atoms with Gasteiger partial charge in [-0.1, -0.05) is 6.92 Å². The summed E-state index contributed by atoms with van der Waals surface area (Å²) < 4.78 is 23.3. The number of likely N-dealkylation sites (tertiary alicyclic amines) is 1. The molecule has 112 valence electrons. The third-order valence-corrected chi connectivity index (χ3v) is 4.29. The Labute approximate surface area is 120 Å². The summed E-state index contributed by atoms with van der Waals surface area (Å²) in [7, 11) is 0. The molecule has 0 saturated carbocycles. The van der Waals surface area contributed by atoms with Gasteiger partial charge in [0.25, 0.3) is 6.21 Å². The quantitative estimate of drug-likeness (QED) is 0.615. The lowest BCUT2D eigenvalue weighted by molar-refractivity contribution is -0.143. The van der Waals surface area contributed by atoms with Crippen molar-refractivity contribution < 1.29 is 9.13 Å². The van der Waals surface area contributed by atoms with E-state index in [9.17, 15) is 4.39 Å². The number of rotatable bonds is 4. The van der Waals surface area contributed by atoms with Crippen molar-refractivity contribution in [2.24, 2.45) is 11.1 Å². The summed E-state index contributed by atoms with van der Waals surface area (Å²) >= 11 is 0. The smallest absolute Gasteiger partial charge is 0.333 e. The van der Waals surface area contributed by atoms with Gasteiger partial charge in [-0.25, -0.2) is 4.39 Å². The standard InChI is InChI=1S/C15H25FN3O/c1-3-6-18-9-13(17)14(12(2)16)19-7-4-15(5-8-19)10-20-11-15/h6,12,14H,3-5,7-8,10-11,17H2,1-2H3/q+1. The molecule has 0 aliphatic carbocycles. The molecule has 0 aromatic heterocycles. The molecule has 0 aromatic rings. The summed E-state index contributed by atoms with van der Waals surface area (Å²) in [6.07, 6.45) is 3.64. The molecule has 2 unspecified atom stereocenters. The molecule has 2 rings (SSSR count). The maximum Gasteiger partial charge on any atom is 0.333 e. The van der Waals surface area contributed by atoms with Crippen LogP contribution in [0, 0.1) is 5.41 Å². The van der Waals surface area contributed by atoms with E-state index in [0.29, 0.717) is 11.1 Å². The molecule has 2 heterocycles. The third-order valence-electron chi connectivity index (χ3n) is 4.29. The van der Waals surface area contributed by atoms with Crippen LogP contribution in [0.4, 0.5) is 4.39 Å². The van der Waals surface area contributed by atoms with Crippen molar-refractivity contribution in [1.29, 1.82) is 0 Å². The fourth-order valence-corrected chi connectivity index (χ4v) is 2.97. The Balaban J connectivity index is 2.06. The monoisotopic (exact) mass is 282 g/mol. The van der Waals surface area contributed by atoms with Crippen LogP contribution in [-0.2, 0) is 4.74 Å². The number of nitrogens with two attached hydrogens (primary N) is 1. The van der Waals surface area contributed by atoms with Crippen LogP contribution in [0.25, 0.3) is 0 Å². The van der Waals surface area contributed by atoms with Crippen LogP contribution in [0.3, 0.4) is 0 Å². The number of piperidine rings is 1. The largest absolute Gasteiger partial charge is 0.389 e. The summed E-state index contributed by atoms with van der Waals surface area (Å²) in [5.74, 6) is 2.77. The van der Waals surface area contributed by atoms with E-state index in [1.54, 1.807) is 13.1 Å². The number of hydrogen-bond acceptors (Lipinski definition) is 3. The maximum absolute atomic E-state index is 13.9. The minimum Gasteiger partial charge on any atom is -0.389 e. The summed E-state index contributed by atoms with van der Waals surface area (Å²) in [6, 6.07) is -0.414. The van der Waals surface area contributed by atoms with E-state index in [-0.39, 0.29) is 0 Å². The number of ether oxygens (including phenoxy) is 1. The van der Waals surface area contributed by atoms with Crippen molar-refractivity contribution in [2.75, 3.05) is 26.3 Å². The van der Waals surface area contributed by atoms with Gasteiger partial charge < -0.3 is 10.5 Å². The summed E-state index contributed by atoms with van der Waals surface area (Å²) in [6.45, 7) is 6.98. The molecule has 2 aliphatic rings. The Hall–Kier alpha value is -1.12. The average Bonchev–Trinajstić information content (AvgIpc) is 2.38. The molecule has 2 fully saturated rings. The Kier molecular flexibility index (Phi) is 5.00. The molecular formula is C15H25FN3O+. The summed E-state index contributed by atoms with van der Waals surface area (Å²) in [5, 5.41) is 0. The lowest BCUT2D eigenvalue weighted by Gasteiger charge is -2.48. The van der Waals surface area contributed by atoms with Gasteiger partial charge in [-0.3, -0.25) is 4.90 Å². The molecule has 4 nitrogen and oxygen atoms in total. The van der Waals surface area contributed by atoms with Gasteiger partial charge in [-0.05, 0) is 37.5 Å². The molecule has 2 N–H and O–H groups in total. The lowest BCUT2D eigenvalue weighted by Crippen LogP contribution is -2.55. The second-order valence-corrected chi connectivity index (χ2v) is 5.94. The minimum atomic E-state index is -1.02. The van der Waals surface area contributed by atoms with E-state index >= 15 is 0 Å². The second-order valence-electron chi connectivity index (χ2n) is 5.94. The summed E-state index contributed by atoms with van der Waals surface area (Å²) in [5.41, 5.74) is 6.73. The van der Waals surface area contributed by atoms with Crippen LogP contribution in [0.1, 0.15) is 33.1 Å². The van der Waals surface area contributed by atoms with Crippen LogP contribution < -0.4 is 10.4 Å². The molecule has 0 amide bonds. The van der Waals surface area contributed by atoms with Gasteiger partial charge in [-0.15, -0.1) is 0 Å². The highest BCUT2D eigenvalue weighted by atomic mass is 19.1. The average molecular weight is 282 g/mol. The van der Waals surface area contributed by atoms with E-state index in [2.05, 4.69) is 15.4 Å².